The van der Waals surface area contributed by atoms with E-state index in [0.717, 1.165) is 5.56 Å². The number of halogens is 5. The van der Waals surface area contributed by atoms with E-state index in [9.17, 15) is 32.4 Å². The van der Waals surface area contributed by atoms with E-state index in [-0.39, 0.29) is 22.1 Å². The number of hydrogen-bond acceptors (Lipinski definition) is 6. The van der Waals surface area contributed by atoms with Gasteiger partial charge in [-0.25, -0.2) is 9.37 Å². The molecule has 4 rings (SSSR count). The van der Waals surface area contributed by atoms with Crippen LogP contribution in [-0.4, -0.2) is 23.0 Å². The number of nitrogens with zero attached hydrogens (tertiary/aromatic N) is 2. The molecule has 0 fully saturated rings. The highest BCUT2D eigenvalue weighted by Crippen LogP contribution is 2.34. The van der Waals surface area contributed by atoms with E-state index < -0.39 is 39.6 Å². The maximum Gasteiger partial charge on any atom is 0.416 e. The quantitative estimate of drug-likeness (QED) is 0.142. The molecule has 1 amide bonds. The third-order valence-electron chi connectivity index (χ3n) is 5.54. The number of anilines is 1. The van der Waals surface area contributed by atoms with E-state index in [0.29, 0.717) is 29.2 Å². The van der Waals surface area contributed by atoms with Crippen LogP contribution in [0.4, 0.5) is 23.2 Å². The van der Waals surface area contributed by atoms with Crippen LogP contribution in [0.5, 0.6) is 5.75 Å². The van der Waals surface area contributed by atoms with Gasteiger partial charge in [-0.15, -0.1) is 0 Å². The summed E-state index contributed by atoms with van der Waals surface area (Å²) >= 11 is 6.74. The first-order valence-electron chi connectivity index (χ1n) is 11.3. The Bertz CT molecular complexity index is 1690. The summed E-state index contributed by atoms with van der Waals surface area (Å²) in [6, 6.07) is 15.7. The topological polar surface area (TPSA) is 108 Å². The van der Waals surface area contributed by atoms with Crippen LogP contribution in [0.15, 0.2) is 70.6 Å². The minimum atomic E-state index is -4.81. The summed E-state index contributed by atoms with van der Waals surface area (Å²) in [5.41, 5.74) is -1.16. The zero-order valence-corrected chi connectivity index (χ0v) is 22.0. The Balaban J connectivity index is 1.49. The number of carbonyl (C=O) groups excluding carboxylic acids is 1. The van der Waals surface area contributed by atoms with Gasteiger partial charge in [-0.3, -0.25) is 9.59 Å². The number of nitrogens with one attached hydrogen (secondary N) is 2. The average Bonchev–Trinajstić information content (AvgIpc) is 2.93. The number of rotatable bonds is 7. The van der Waals surface area contributed by atoms with E-state index in [1.807, 2.05) is 6.07 Å². The van der Waals surface area contributed by atoms with Gasteiger partial charge in [0.05, 0.1) is 29.0 Å². The number of aromatic amines is 1. The summed E-state index contributed by atoms with van der Waals surface area (Å²) in [6.07, 6.45) is -4.81. The van der Waals surface area contributed by atoms with Crippen LogP contribution < -0.4 is 15.6 Å². The molecule has 1 aromatic heterocycles. The maximum absolute atomic E-state index is 14.3. The summed E-state index contributed by atoms with van der Waals surface area (Å²) in [4.78, 5) is 32.0. The van der Waals surface area contributed by atoms with Gasteiger partial charge in [0.15, 0.2) is 11.0 Å². The fraction of sp³-hybridized carbons (Fsp3) is 0.111. The number of thioether (sulfide) groups is 1. The smallest absolute Gasteiger partial charge is 0.416 e. The zero-order chi connectivity index (χ0) is 29.0. The van der Waals surface area contributed by atoms with Gasteiger partial charge in [0.25, 0.3) is 11.5 Å². The van der Waals surface area contributed by atoms with E-state index in [1.54, 1.807) is 36.4 Å². The van der Waals surface area contributed by atoms with Crippen LogP contribution in [0, 0.1) is 17.1 Å². The maximum atomic E-state index is 14.3. The molecule has 7 nitrogen and oxygen atoms in total. The van der Waals surface area contributed by atoms with Crippen LogP contribution in [0.1, 0.15) is 27.0 Å². The lowest BCUT2D eigenvalue weighted by molar-refractivity contribution is -0.137. The molecular weight excluding hydrogens is 572 g/mol. The molecule has 0 saturated carbocycles. The molecule has 3 aromatic carbocycles. The van der Waals surface area contributed by atoms with Crippen LogP contribution in [0.3, 0.4) is 0 Å². The lowest BCUT2D eigenvalue weighted by Gasteiger charge is -2.12. The average molecular weight is 589 g/mol. The molecule has 40 heavy (non-hydrogen) atoms. The van der Waals surface area contributed by atoms with Gasteiger partial charge in [0.2, 0.25) is 0 Å². The van der Waals surface area contributed by atoms with Crippen LogP contribution >= 0.6 is 23.4 Å². The number of H-pyrrole nitrogens is 1. The van der Waals surface area contributed by atoms with Crippen molar-refractivity contribution in [2.45, 2.75) is 17.1 Å². The number of alkyl halides is 3. The first-order valence-corrected chi connectivity index (χ1v) is 12.6. The Morgan fingerprint density at radius 3 is 2.55 bits per heavy atom. The van der Waals surface area contributed by atoms with Crippen molar-refractivity contribution >= 4 is 35.0 Å². The molecule has 0 saturated heterocycles. The van der Waals surface area contributed by atoms with Crippen molar-refractivity contribution in [2.24, 2.45) is 0 Å². The first-order chi connectivity index (χ1) is 19.0. The number of carbonyl (C=O) groups is 1. The summed E-state index contributed by atoms with van der Waals surface area (Å²) < 4.78 is 58.6. The third-order valence-corrected chi connectivity index (χ3v) is 6.76. The normalized spacial score (nSPS) is 11.1. The summed E-state index contributed by atoms with van der Waals surface area (Å²) in [5, 5.41) is 11.3. The van der Waals surface area contributed by atoms with Crippen molar-refractivity contribution in [3.8, 4) is 23.1 Å². The van der Waals surface area contributed by atoms with Gasteiger partial charge in [-0.2, -0.15) is 18.4 Å². The highest BCUT2D eigenvalue weighted by Gasteiger charge is 2.33. The molecule has 0 spiro atoms. The van der Waals surface area contributed by atoms with E-state index in [2.05, 4.69) is 15.3 Å². The largest absolute Gasteiger partial charge is 0.497 e. The number of aromatic nitrogens is 2. The standard InChI is InChI=1S/C27H17ClF4N4O3S/c1-39-18-4-2-3-15(9-18)23-20(12-33)25(38)36-26(35-23)40-13-14-5-7-17(8-6-14)34-24(37)19-10-16(27(30,31)32)11-21(28)22(19)29/h2-11H,13H2,1H3,(H,34,37)(H,35,36,38). The SMILES string of the molecule is COc1cccc(-c2nc(SCc3ccc(NC(=O)c4cc(C(F)(F)F)cc(Cl)c4F)cc3)[nH]c(=O)c2C#N)c1. The summed E-state index contributed by atoms with van der Waals surface area (Å²) in [7, 11) is 1.49. The third kappa shape index (κ3) is 6.44. The van der Waals surface area contributed by atoms with Gasteiger partial charge in [0, 0.05) is 17.0 Å². The van der Waals surface area contributed by atoms with Crippen molar-refractivity contribution in [2.75, 3.05) is 12.4 Å². The van der Waals surface area contributed by atoms with Gasteiger partial charge in [-0.05, 0) is 42.0 Å². The number of amides is 1. The predicted molar refractivity (Wildman–Crippen MR) is 142 cm³/mol. The van der Waals surface area contributed by atoms with Gasteiger partial charge < -0.3 is 15.0 Å². The van der Waals surface area contributed by atoms with Crippen molar-refractivity contribution in [3.63, 3.8) is 0 Å². The molecule has 0 radical (unpaired) electrons. The van der Waals surface area contributed by atoms with Gasteiger partial charge in [0.1, 0.15) is 17.4 Å². The number of nitriles is 1. The number of ether oxygens (including phenoxy) is 1. The van der Waals surface area contributed by atoms with Crippen molar-refractivity contribution in [3.05, 3.63) is 104 Å². The monoisotopic (exact) mass is 588 g/mol. The number of methoxy groups -OCH3 is 1. The Labute approximate surface area is 233 Å². The fourth-order valence-corrected chi connectivity index (χ4v) is 4.59. The molecule has 0 aliphatic heterocycles. The fourth-order valence-electron chi connectivity index (χ4n) is 3.56. The zero-order valence-electron chi connectivity index (χ0n) is 20.4. The highest BCUT2D eigenvalue weighted by molar-refractivity contribution is 7.98. The van der Waals surface area contributed by atoms with E-state index in [4.69, 9.17) is 16.3 Å². The van der Waals surface area contributed by atoms with Crippen LogP contribution in [-0.2, 0) is 11.9 Å². The molecule has 0 unspecified atom stereocenters. The second-order valence-electron chi connectivity index (χ2n) is 8.20. The van der Waals surface area contributed by atoms with E-state index in [1.165, 1.54) is 31.0 Å². The minimum Gasteiger partial charge on any atom is -0.497 e. The van der Waals surface area contributed by atoms with Crippen molar-refractivity contribution in [1.29, 1.82) is 5.26 Å². The van der Waals surface area contributed by atoms with Gasteiger partial charge >= 0.3 is 6.18 Å². The second-order valence-corrected chi connectivity index (χ2v) is 9.57. The predicted octanol–water partition coefficient (Wildman–Crippen LogP) is 6.67. The molecule has 0 aliphatic carbocycles. The molecular formula is C27H17ClF4N4O3S. The van der Waals surface area contributed by atoms with Crippen molar-refractivity contribution in [1.82, 2.24) is 9.97 Å². The van der Waals surface area contributed by atoms with Crippen LogP contribution in [0.25, 0.3) is 11.3 Å². The Hall–Kier alpha value is -4.34. The summed E-state index contributed by atoms with van der Waals surface area (Å²) in [6.45, 7) is 0. The minimum absolute atomic E-state index is 0.142. The molecule has 0 atom stereocenters. The summed E-state index contributed by atoms with van der Waals surface area (Å²) in [5.74, 6) is -1.50. The molecule has 0 bridgehead atoms. The Kier molecular flexibility index (Phi) is 8.46. The lowest BCUT2D eigenvalue weighted by Crippen LogP contribution is -2.16. The Morgan fingerprint density at radius 2 is 1.90 bits per heavy atom. The first kappa shape index (κ1) is 28.7. The van der Waals surface area contributed by atoms with Crippen molar-refractivity contribution < 1.29 is 27.1 Å². The number of hydrogen-bond donors (Lipinski definition) is 2. The lowest BCUT2D eigenvalue weighted by atomic mass is 10.1. The molecule has 2 N–H and O–H groups in total. The molecule has 4 aromatic rings. The molecule has 0 aliphatic rings. The molecule has 13 heteroatoms. The highest BCUT2D eigenvalue weighted by atomic mass is 35.5. The molecule has 1 heterocycles. The molecule has 204 valence electrons. The Morgan fingerprint density at radius 1 is 1.18 bits per heavy atom. The number of benzene rings is 3. The van der Waals surface area contributed by atoms with Crippen LogP contribution in [0.2, 0.25) is 5.02 Å². The van der Waals surface area contributed by atoms with E-state index >= 15 is 0 Å². The van der Waals surface area contributed by atoms with Gasteiger partial charge in [-0.1, -0.05) is 47.6 Å². The second kappa shape index (κ2) is 11.8.